The molecule has 0 bridgehead atoms. The maximum absolute atomic E-state index is 13.9. The van der Waals surface area contributed by atoms with Crippen LogP contribution in [0.25, 0.3) is 0 Å². The van der Waals surface area contributed by atoms with Crippen LogP contribution in [0.3, 0.4) is 0 Å². The molecule has 0 saturated heterocycles. The number of benzene rings is 3. The average Bonchev–Trinajstić information content (AvgIpc) is 2.85. The Hall–Kier alpha value is -4.00. The molecule has 1 heterocycles. The molecule has 2 atom stereocenters. The number of fused-ring (bicyclic) bond motifs is 1. The fourth-order valence-corrected chi connectivity index (χ4v) is 4.66. The minimum atomic E-state index is -0.501. The molecule has 0 spiro atoms. The lowest BCUT2D eigenvalue weighted by Crippen LogP contribution is -2.47. The van der Waals surface area contributed by atoms with Crippen LogP contribution in [0.1, 0.15) is 55.1 Å². The van der Waals surface area contributed by atoms with E-state index in [9.17, 15) is 19.7 Å². The van der Waals surface area contributed by atoms with Gasteiger partial charge in [-0.05, 0) is 49.6 Å². The van der Waals surface area contributed by atoms with Crippen molar-refractivity contribution in [3.05, 3.63) is 100 Å². The van der Waals surface area contributed by atoms with Crippen LogP contribution in [0.15, 0.2) is 78.9 Å². The normalized spacial score (nSPS) is 17.1. The standard InChI is InChI=1S/C27H27N3O4/c1-3-10-26(31)28-19(2)17-25(23-15-7-8-16-24(23)28)29(21-12-5-4-6-13-21)27(32)20-11-9-14-22(18-20)30(33)34/h4-9,11-16,18-19,25H,3,10,17H2,1-2H3/t19-,25+/m1/s1. The van der Waals surface area contributed by atoms with E-state index in [2.05, 4.69) is 0 Å². The van der Waals surface area contributed by atoms with E-state index in [4.69, 9.17) is 0 Å². The molecular weight excluding hydrogens is 430 g/mol. The highest BCUT2D eigenvalue weighted by Crippen LogP contribution is 2.43. The highest BCUT2D eigenvalue weighted by Gasteiger charge is 2.38. The van der Waals surface area contributed by atoms with Crippen molar-refractivity contribution in [2.75, 3.05) is 9.80 Å². The molecule has 0 saturated carbocycles. The molecular formula is C27H27N3O4. The van der Waals surface area contributed by atoms with Crippen LogP contribution in [-0.2, 0) is 4.79 Å². The number of carbonyl (C=O) groups is 2. The number of hydrogen-bond donors (Lipinski definition) is 0. The third-order valence-corrected chi connectivity index (χ3v) is 6.16. The topological polar surface area (TPSA) is 83.8 Å². The number of carbonyl (C=O) groups excluding carboxylic acids is 2. The molecule has 0 fully saturated rings. The molecule has 34 heavy (non-hydrogen) atoms. The number of nitro groups is 1. The first-order valence-electron chi connectivity index (χ1n) is 11.5. The molecule has 1 aliphatic heterocycles. The van der Waals surface area contributed by atoms with Crippen LogP contribution in [-0.4, -0.2) is 22.8 Å². The first kappa shape index (κ1) is 23.2. The summed E-state index contributed by atoms with van der Waals surface area (Å²) in [5.41, 5.74) is 2.49. The van der Waals surface area contributed by atoms with E-state index in [0.717, 1.165) is 17.7 Å². The van der Waals surface area contributed by atoms with Gasteiger partial charge < -0.3 is 9.80 Å². The SMILES string of the molecule is CCCC(=O)N1c2ccccc2[C@@H](N(C(=O)c2cccc([N+](=O)[O-])c2)c2ccccc2)C[C@H]1C. The Bertz CT molecular complexity index is 1210. The first-order valence-corrected chi connectivity index (χ1v) is 11.5. The summed E-state index contributed by atoms with van der Waals surface area (Å²) >= 11 is 0. The van der Waals surface area contributed by atoms with Crippen LogP contribution in [0.4, 0.5) is 17.1 Å². The predicted molar refractivity (Wildman–Crippen MR) is 132 cm³/mol. The van der Waals surface area contributed by atoms with Crippen molar-refractivity contribution in [3.8, 4) is 0 Å². The second kappa shape index (κ2) is 9.87. The first-order chi connectivity index (χ1) is 16.4. The molecule has 0 radical (unpaired) electrons. The lowest BCUT2D eigenvalue weighted by molar-refractivity contribution is -0.384. The van der Waals surface area contributed by atoms with Gasteiger partial charge in [0.1, 0.15) is 0 Å². The fraction of sp³-hybridized carbons (Fsp3) is 0.259. The summed E-state index contributed by atoms with van der Waals surface area (Å²) in [6, 6.07) is 22.3. The van der Waals surface area contributed by atoms with Gasteiger partial charge in [0.2, 0.25) is 5.91 Å². The van der Waals surface area contributed by atoms with Crippen molar-refractivity contribution in [3.63, 3.8) is 0 Å². The molecule has 1 aliphatic rings. The number of nitro benzene ring substituents is 1. The molecule has 0 aromatic heterocycles. The smallest absolute Gasteiger partial charge is 0.270 e. The van der Waals surface area contributed by atoms with Crippen molar-refractivity contribution in [2.24, 2.45) is 0 Å². The minimum absolute atomic E-state index is 0.0668. The van der Waals surface area contributed by atoms with E-state index in [1.54, 1.807) is 11.0 Å². The van der Waals surface area contributed by atoms with Gasteiger partial charge in [-0.15, -0.1) is 0 Å². The molecule has 0 N–H and O–H groups in total. The van der Waals surface area contributed by atoms with Crippen molar-refractivity contribution in [2.45, 2.75) is 45.2 Å². The van der Waals surface area contributed by atoms with Crippen LogP contribution in [0, 0.1) is 10.1 Å². The van der Waals surface area contributed by atoms with E-state index < -0.39 is 4.92 Å². The number of anilines is 2. The Morgan fingerprint density at radius 3 is 2.44 bits per heavy atom. The van der Waals surface area contributed by atoms with Crippen LogP contribution in [0.5, 0.6) is 0 Å². The summed E-state index contributed by atoms with van der Waals surface area (Å²) in [4.78, 5) is 41.2. The molecule has 4 rings (SSSR count). The number of amides is 2. The fourth-order valence-electron chi connectivity index (χ4n) is 4.66. The lowest BCUT2D eigenvalue weighted by Gasteiger charge is -2.43. The van der Waals surface area contributed by atoms with Gasteiger partial charge in [0.15, 0.2) is 0 Å². The molecule has 0 aliphatic carbocycles. The summed E-state index contributed by atoms with van der Waals surface area (Å²) in [5, 5.41) is 11.3. The number of non-ortho nitro benzene ring substituents is 1. The third-order valence-electron chi connectivity index (χ3n) is 6.16. The van der Waals surface area contributed by atoms with E-state index in [-0.39, 0.29) is 35.1 Å². The molecule has 7 heteroatoms. The number of hydrogen-bond acceptors (Lipinski definition) is 4. The largest absolute Gasteiger partial charge is 0.309 e. The lowest BCUT2D eigenvalue weighted by atomic mass is 9.89. The monoisotopic (exact) mass is 457 g/mol. The van der Waals surface area contributed by atoms with Crippen molar-refractivity contribution in [1.82, 2.24) is 0 Å². The van der Waals surface area contributed by atoms with Crippen molar-refractivity contribution >= 4 is 28.9 Å². The zero-order chi connectivity index (χ0) is 24.2. The number of rotatable bonds is 6. The highest BCUT2D eigenvalue weighted by atomic mass is 16.6. The van der Waals surface area contributed by atoms with Crippen LogP contribution < -0.4 is 9.80 Å². The van der Waals surface area contributed by atoms with Gasteiger partial charge in [0.25, 0.3) is 11.6 Å². The molecule has 174 valence electrons. The Labute approximate surface area is 198 Å². The highest BCUT2D eigenvalue weighted by molar-refractivity contribution is 6.07. The third kappa shape index (κ3) is 4.41. The Morgan fingerprint density at radius 1 is 1.03 bits per heavy atom. The van der Waals surface area contributed by atoms with E-state index in [1.165, 1.54) is 18.2 Å². The average molecular weight is 458 g/mol. The van der Waals surface area contributed by atoms with E-state index in [0.29, 0.717) is 18.5 Å². The van der Waals surface area contributed by atoms with E-state index >= 15 is 0 Å². The maximum Gasteiger partial charge on any atom is 0.270 e. The zero-order valence-corrected chi connectivity index (χ0v) is 19.3. The van der Waals surface area contributed by atoms with Gasteiger partial charge in [-0.25, -0.2) is 0 Å². The maximum atomic E-state index is 13.9. The number of para-hydroxylation sites is 2. The van der Waals surface area contributed by atoms with Crippen molar-refractivity contribution < 1.29 is 14.5 Å². The molecule has 3 aromatic carbocycles. The Morgan fingerprint density at radius 2 is 1.74 bits per heavy atom. The van der Waals surface area contributed by atoms with Gasteiger partial charge in [-0.2, -0.15) is 0 Å². The second-order valence-corrected chi connectivity index (χ2v) is 8.49. The second-order valence-electron chi connectivity index (χ2n) is 8.49. The van der Waals surface area contributed by atoms with Crippen LogP contribution in [0.2, 0.25) is 0 Å². The van der Waals surface area contributed by atoms with Crippen LogP contribution >= 0.6 is 0 Å². The van der Waals surface area contributed by atoms with Gasteiger partial charge >= 0.3 is 0 Å². The van der Waals surface area contributed by atoms with Gasteiger partial charge in [0, 0.05) is 41.5 Å². The van der Waals surface area contributed by atoms with Gasteiger partial charge in [0.05, 0.1) is 11.0 Å². The summed E-state index contributed by atoms with van der Waals surface area (Å²) in [7, 11) is 0. The molecule has 0 unspecified atom stereocenters. The van der Waals surface area contributed by atoms with E-state index in [1.807, 2.05) is 73.3 Å². The Balaban J connectivity index is 1.83. The minimum Gasteiger partial charge on any atom is -0.309 e. The summed E-state index contributed by atoms with van der Waals surface area (Å²) in [6.07, 6.45) is 1.76. The van der Waals surface area contributed by atoms with Crippen molar-refractivity contribution in [1.29, 1.82) is 0 Å². The number of nitrogens with zero attached hydrogens (tertiary/aromatic N) is 3. The Kier molecular flexibility index (Phi) is 6.72. The summed E-state index contributed by atoms with van der Waals surface area (Å²) in [6.45, 7) is 3.98. The predicted octanol–water partition coefficient (Wildman–Crippen LogP) is 5.91. The van der Waals surface area contributed by atoms with Gasteiger partial charge in [-0.3, -0.25) is 19.7 Å². The van der Waals surface area contributed by atoms with Gasteiger partial charge in [-0.1, -0.05) is 49.4 Å². The summed E-state index contributed by atoms with van der Waals surface area (Å²) in [5.74, 6) is -0.257. The zero-order valence-electron chi connectivity index (χ0n) is 19.3. The molecule has 7 nitrogen and oxygen atoms in total. The molecule has 3 aromatic rings. The summed E-state index contributed by atoms with van der Waals surface area (Å²) < 4.78 is 0. The molecule has 2 amide bonds. The quantitative estimate of drug-likeness (QED) is 0.340.